The Kier molecular flexibility index (Phi) is 3.78. The molecule has 1 heterocycles. The SMILES string of the molecule is Cc1ncc(S(=O)(=O)Nc2cc(C(N)=S)ccc2C)[nH]1. The largest absolute Gasteiger partial charge is 0.389 e. The molecule has 0 spiro atoms. The summed E-state index contributed by atoms with van der Waals surface area (Å²) in [4.78, 5) is 6.77. The van der Waals surface area contributed by atoms with Gasteiger partial charge in [-0.3, -0.25) is 4.72 Å². The Bertz CT molecular complexity index is 766. The number of benzene rings is 1. The average Bonchev–Trinajstić information content (AvgIpc) is 2.79. The lowest BCUT2D eigenvalue weighted by atomic mass is 10.1. The van der Waals surface area contributed by atoms with Gasteiger partial charge in [0.15, 0.2) is 5.03 Å². The lowest BCUT2D eigenvalue weighted by Crippen LogP contribution is -2.16. The molecule has 0 bridgehead atoms. The normalized spacial score (nSPS) is 11.3. The first kappa shape index (κ1) is 14.5. The fourth-order valence-corrected chi connectivity index (χ4v) is 2.84. The second-order valence-corrected chi connectivity index (χ2v) is 6.42. The predicted octanol–water partition coefficient (Wildman–Crippen LogP) is 1.46. The van der Waals surface area contributed by atoms with Gasteiger partial charge in [-0.1, -0.05) is 24.4 Å². The van der Waals surface area contributed by atoms with Crippen LogP contribution in [0.2, 0.25) is 0 Å². The van der Waals surface area contributed by atoms with Crippen LogP contribution in [-0.4, -0.2) is 23.4 Å². The van der Waals surface area contributed by atoms with E-state index in [1.54, 1.807) is 32.0 Å². The van der Waals surface area contributed by atoms with E-state index in [2.05, 4.69) is 14.7 Å². The minimum absolute atomic E-state index is 0.00938. The van der Waals surface area contributed by atoms with E-state index >= 15 is 0 Å². The summed E-state index contributed by atoms with van der Waals surface area (Å²) in [6.07, 6.45) is 1.27. The van der Waals surface area contributed by atoms with Crippen LogP contribution in [0, 0.1) is 13.8 Å². The summed E-state index contributed by atoms with van der Waals surface area (Å²) < 4.78 is 26.9. The third-order valence-corrected chi connectivity index (χ3v) is 4.25. The number of aromatic nitrogens is 2. The summed E-state index contributed by atoms with van der Waals surface area (Å²) in [7, 11) is -3.71. The summed E-state index contributed by atoms with van der Waals surface area (Å²) in [5.74, 6) is 0.527. The van der Waals surface area contributed by atoms with Gasteiger partial charge in [0.05, 0.1) is 11.9 Å². The maximum Gasteiger partial charge on any atom is 0.278 e. The number of aromatic amines is 1. The van der Waals surface area contributed by atoms with Gasteiger partial charge in [-0.15, -0.1) is 0 Å². The van der Waals surface area contributed by atoms with E-state index in [0.29, 0.717) is 17.1 Å². The molecule has 0 aliphatic rings. The molecule has 0 saturated heterocycles. The van der Waals surface area contributed by atoms with Gasteiger partial charge in [-0.25, -0.2) is 4.98 Å². The lowest BCUT2D eigenvalue weighted by molar-refractivity contribution is 0.598. The van der Waals surface area contributed by atoms with Crippen molar-refractivity contribution in [1.29, 1.82) is 0 Å². The van der Waals surface area contributed by atoms with Crippen LogP contribution < -0.4 is 10.5 Å². The van der Waals surface area contributed by atoms with Gasteiger partial charge in [0.2, 0.25) is 0 Å². The van der Waals surface area contributed by atoms with Crippen LogP contribution >= 0.6 is 12.2 Å². The number of anilines is 1. The maximum absolute atomic E-state index is 12.2. The standard InChI is InChI=1S/C12H14N4O2S2/c1-7-3-4-9(12(13)19)5-10(7)16-20(17,18)11-6-14-8(2)15-11/h3-6,16H,1-2H3,(H2,13,19)(H,14,15). The number of nitrogens with two attached hydrogens (primary N) is 1. The molecule has 20 heavy (non-hydrogen) atoms. The van der Waals surface area contributed by atoms with E-state index in [1.807, 2.05) is 0 Å². The quantitative estimate of drug-likeness (QED) is 0.742. The van der Waals surface area contributed by atoms with Crippen LogP contribution in [0.5, 0.6) is 0 Å². The minimum atomic E-state index is -3.71. The topological polar surface area (TPSA) is 101 Å². The van der Waals surface area contributed by atoms with E-state index in [0.717, 1.165) is 5.56 Å². The van der Waals surface area contributed by atoms with E-state index < -0.39 is 10.0 Å². The number of imidazole rings is 1. The zero-order valence-corrected chi connectivity index (χ0v) is 12.6. The van der Waals surface area contributed by atoms with Crippen molar-refractivity contribution in [2.45, 2.75) is 18.9 Å². The third kappa shape index (κ3) is 2.97. The van der Waals surface area contributed by atoms with Crippen LogP contribution in [-0.2, 0) is 10.0 Å². The number of rotatable bonds is 4. The highest BCUT2D eigenvalue weighted by molar-refractivity contribution is 7.92. The number of thiocarbonyl (C=S) groups is 1. The van der Waals surface area contributed by atoms with Crippen molar-refractivity contribution in [1.82, 2.24) is 9.97 Å². The van der Waals surface area contributed by atoms with Gasteiger partial charge < -0.3 is 10.7 Å². The summed E-state index contributed by atoms with van der Waals surface area (Å²) in [6, 6.07) is 5.11. The van der Waals surface area contributed by atoms with Gasteiger partial charge in [-0.2, -0.15) is 8.42 Å². The van der Waals surface area contributed by atoms with Crippen molar-refractivity contribution in [3.05, 3.63) is 41.3 Å². The first-order valence-electron chi connectivity index (χ1n) is 5.74. The first-order valence-corrected chi connectivity index (χ1v) is 7.63. The highest BCUT2D eigenvalue weighted by Crippen LogP contribution is 2.20. The molecule has 0 atom stereocenters. The molecule has 0 unspecified atom stereocenters. The van der Waals surface area contributed by atoms with Gasteiger partial charge in [0.25, 0.3) is 10.0 Å². The molecule has 0 aliphatic carbocycles. The number of hydrogen-bond acceptors (Lipinski definition) is 4. The van der Waals surface area contributed by atoms with E-state index in [4.69, 9.17) is 18.0 Å². The van der Waals surface area contributed by atoms with Crippen molar-refractivity contribution < 1.29 is 8.42 Å². The highest BCUT2D eigenvalue weighted by atomic mass is 32.2. The van der Waals surface area contributed by atoms with Crippen LogP contribution in [0.3, 0.4) is 0 Å². The van der Waals surface area contributed by atoms with Gasteiger partial charge in [-0.05, 0) is 25.5 Å². The molecule has 0 saturated carbocycles. The zero-order chi connectivity index (χ0) is 14.9. The first-order chi connectivity index (χ1) is 9.29. The number of hydrogen-bond donors (Lipinski definition) is 3. The zero-order valence-electron chi connectivity index (χ0n) is 11.0. The fraction of sp³-hybridized carbons (Fsp3) is 0.167. The Labute approximate surface area is 122 Å². The highest BCUT2D eigenvalue weighted by Gasteiger charge is 2.18. The fourth-order valence-electron chi connectivity index (χ4n) is 1.62. The molecule has 0 aliphatic heterocycles. The molecular weight excluding hydrogens is 296 g/mol. The molecule has 1 aromatic carbocycles. The molecule has 4 N–H and O–H groups in total. The van der Waals surface area contributed by atoms with E-state index in [1.165, 1.54) is 6.20 Å². The Hall–Kier alpha value is -1.93. The van der Waals surface area contributed by atoms with E-state index in [-0.39, 0.29) is 10.0 Å². The van der Waals surface area contributed by atoms with Crippen LogP contribution in [0.25, 0.3) is 0 Å². The van der Waals surface area contributed by atoms with Crippen molar-refractivity contribution in [2.75, 3.05) is 4.72 Å². The minimum Gasteiger partial charge on any atom is -0.389 e. The number of aryl methyl sites for hydroxylation is 2. The Balaban J connectivity index is 2.39. The molecule has 106 valence electrons. The molecular formula is C12H14N4O2S2. The van der Waals surface area contributed by atoms with Crippen molar-refractivity contribution in [3.8, 4) is 0 Å². The molecule has 6 nitrogen and oxygen atoms in total. The number of H-pyrrole nitrogens is 1. The van der Waals surface area contributed by atoms with Crippen molar-refractivity contribution in [2.24, 2.45) is 5.73 Å². The molecule has 2 aromatic rings. The molecule has 0 fully saturated rings. The summed E-state index contributed by atoms with van der Waals surface area (Å²) in [6.45, 7) is 3.47. The lowest BCUT2D eigenvalue weighted by Gasteiger charge is -2.10. The predicted molar refractivity (Wildman–Crippen MR) is 81.2 cm³/mol. The summed E-state index contributed by atoms with van der Waals surface area (Å²) >= 11 is 4.89. The smallest absolute Gasteiger partial charge is 0.278 e. The Morgan fingerprint density at radius 1 is 1.40 bits per heavy atom. The monoisotopic (exact) mass is 310 g/mol. The average molecular weight is 310 g/mol. The summed E-state index contributed by atoms with van der Waals surface area (Å²) in [5.41, 5.74) is 7.35. The second kappa shape index (κ2) is 5.22. The maximum atomic E-state index is 12.2. The molecule has 1 aromatic heterocycles. The molecule has 2 rings (SSSR count). The van der Waals surface area contributed by atoms with Crippen LogP contribution in [0.15, 0.2) is 29.4 Å². The van der Waals surface area contributed by atoms with Crippen LogP contribution in [0.1, 0.15) is 17.0 Å². The number of nitrogens with zero attached hydrogens (tertiary/aromatic N) is 1. The number of sulfonamides is 1. The van der Waals surface area contributed by atoms with Crippen molar-refractivity contribution in [3.63, 3.8) is 0 Å². The number of nitrogens with one attached hydrogen (secondary N) is 2. The van der Waals surface area contributed by atoms with Crippen molar-refractivity contribution >= 4 is 32.9 Å². The van der Waals surface area contributed by atoms with Crippen LogP contribution in [0.4, 0.5) is 5.69 Å². The molecule has 0 amide bonds. The molecule has 0 radical (unpaired) electrons. The third-order valence-electron chi connectivity index (χ3n) is 2.74. The molecule has 8 heteroatoms. The van der Waals surface area contributed by atoms with Gasteiger partial charge in [0.1, 0.15) is 10.8 Å². The Morgan fingerprint density at radius 2 is 2.10 bits per heavy atom. The second-order valence-electron chi connectivity index (χ2n) is 4.33. The van der Waals surface area contributed by atoms with Gasteiger partial charge in [0, 0.05) is 5.56 Å². The van der Waals surface area contributed by atoms with E-state index in [9.17, 15) is 8.42 Å². The Morgan fingerprint density at radius 3 is 2.65 bits per heavy atom. The summed E-state index contributed by atoms with van der Waals surface area (Å²) in [5, 5.41) is 0.00938. The van der Waals surface area contributed by atoms with Gasteiger partial charge >= 0.3 is 0 Å².